The van der Waals surface area contributed by atoms with E-state index in [1.807, 2.05) is 54.7 Å². The van der Waals surface area contributed by atoms with Gasteiger partial charge in [-0.3, -0.25) is 9.48 Å². The van der Waals surface area contributed by atoms with Gasteiger partial charge in [0.15, 0.2) is 5.82 Å². The van der Waals surface area contributed by atoms with Gasteiger partial charge in [0.25, 0.3) is 0 Å². The van der Waals surface area contributed by atoms with Gasteiger partial charge in [-0.25, -0.2) is 14.8 Å². The molecular weight excluding hydrogens is 546 g/mol. The summed E-state index contributed by atoms with van der Waals surface area (Å²) >= 11 is 0. The standard InChI is InChI=1S/C32H33N7O4/c1-32(2,43)20-38-18-24(16-33-38)29-34-26-11-9-22(23-10-12-28(40)36(3)17-23)15-25(26)30(35-29)39-14-13-37(31(41)42)19-27(39)21-7-5-4-6-8-21/h4-12,15-18,27,43H,13-14,19-20H2,1-3H3,(H,41,42)/t27-/m1/s1. The number of anilines is 1. The van der Waals surface area contributed by atoms with E-state index in [0.717, 1.165) is 27.6 Å². The second kappa shape index (κ2) is 11.0. The summed E-state index contributed by atoms with van der Waals surface area (Å²) in [6.07, 6.45) is 4.35. The third kappa shape index (κ3) is 5.84. The average molecular weight is 580 g/mol. The first-order chi connectivity index (χ1) is 20.6. The molecule has 2 N–H and O–H groups in total. The molecule has 1 atom stereocenters. The summed E-state index contributed by atoms with van der Waals surface area (Å²) in [6, 6.07) is 18.8. The Hall–Kier alpha value is -5.03. The molecule has 0 aliphatic carbocycles. The Morgan fingerprint density at radius 3 is 2.47 bits per heavy atom. The summed E-state index contributed by atoms with van der Waals surface area (Å²) in [7, 11) is 1.72. The number of carbonyl (C=O) groups is 1. The summed E-state index contributed by atoms with van der Waals surface area (Å²) in [6.45, 7) is 4.79. The molecule has 3 aromatic heterocycles. The number of benzene rings is 2. The molecule has 2 aromatic carbocycles. The Labute approximate surface area is 248 Å². The Kier molecular flexibility index (Phi) is 7.18. The molecular formula is C32H33N7O4. The van der Waals surface area contributed by atoms with Crippen LogP contribution in [0, 0.1) is 0 Å². The van der Waals surface area contributed by atoms with Gasteiger partial charge in [-0.2, -0.15) is 5.10 Å². The summed E-state index contributed by atoms with van der Waals surface area (Å²) in [5.41, 5.74) is 3.15. The van der Waals surface area contributed by atoms with E-state index in [2.05, 4.69) is 10.00 Å². The number of carboxylic acid groups (broad SMARTS) is 1. The Balaban J connectivity index is 1.53. The molecule has 43 heavy (non-hydrogen) atoms. The minimum absolute atomic E-state index is 0.0923. The molecule has 0 spiro atoms. The number of hydrogen-bond acceptors (Lipinski definition) is 7. The first-order valence-corrected chi connectivity index (χ1v) is 14.1. The number of nitrogens with zero attached hydrogens (tertiary/aromatic N) is 7. The molecule has 0 saturated carbocycles. The number of aryl methyl sites for hydroxylation is 1. The number of aliphatic hydroxyl groups is 1. The molecule has 1 amide bonds. The molecule has 11 heteroatoms. The maximum atomic E-state index is 12.0. The molecule has 6 rings (SSSR count). The minimum Gasteiger partial charge on any atom is -0.465 e. The van der Waals surface area contributed by atoms with Crippen LogP contribution in [-0.4, -0.2) is 70.8 Å². The second-order valence-corrected chi connectivity index (χ2v) is 11.6. The fourth-order valence-corrected chi connectivity index (χ4v) is 5.54. The van der Waals surface area contributed by atoms with Crippen LogP contribution in [0.1, 0.15) is 25.5 Å². The van der Waals surface area contributed by atoms with Crippen molar-refractivity contribution in [2.75, 3.05) is 24.5 Å². The predicted molar refractivity (Wildman–Crippen MR) is 164 cm³/mol. The van der Waals surface area contributed by atoms with E-state index in [0.29, 0.717) is 36.8 Å². The lowest BCUT2D eigenvalue weighted by Crippen LogP contribution is -2.50. The van der Waals surface area contributed by atoms with E-state index < -0.39 is 11.7 Å². The molecule has 1 aliphatic rings. The largest absolute Gasteiger partial charge is 0.465 e. The first-order valence-electron chi connectivity index (χ1n) is 14.1. The molecule has 1 aliphatic heterocycles. The van der Waals surface area contributed by atoms with E-state index in [1.54, 1.807) is 54.7 Å². The Morgan fingerprint density at radius 1 is 0.977 bits per heavy atom. The molecule has 11 nitrogen and oxygen atoms in total. The lowest BCUT2D eigenvalue weighted by molar-refractivity contribution is 0.0577. The van der Waals surface area contributed by atoms with Gasteiger partial charge in [0, 0.05) is 50.5 Å². The van der Waals surface area contributed by atoms with Crippen LogP contribution in [0.3, 0.4) is 0 Å². The minimum atomic E-state index is -0.954. The molecule has 220 valence electrons. The van der Waals surface area contributed by atoms with Gasteiger partial charge >= 0.3 is 6.09 Å². The van der Waals surface area contributed by atoms with Crippen LogP contribution in [0.15, 0.2) is 84.0 Å². The fourth-order valence-electron chi connectivity index (χ4n) is 5.54. The number of rotatable bonds is 6. The summed E-state index contributed by atoms with van der Waals surface area (Å²) < 4.78 is 3.21. The van der Waals surface area contributed by atoms with Crippen LogP contribution in [0.4, 0.5) is 10.6 Å². The van der Waals surface area contributed by atoms with Crippen LogP contribution < -0.4 is 10.5 Å². The molecule has 1 saturated heterocycles. The van der Waals surface area contributed by atoms with Gasteiger partial charge in [-0.05, 0) is 48.7 Å². The van der Waals surface area contributed by atoms with Crippen LogP contribution >= 0.6 is 0 Å². The zero-order chi connectivity index (χ0) is 30.3. The van der Waals surface area contributed by atoms with Gasteiger partial charge < -0.3 is 24.6 Å². The molecule has 5 aromatic rings. The zero-order valence-electron chi connectivity index (χ0n) is 24.3. The number of hydrogen-bond donors (Lipinski definition) is 2. The Morgan fingerprint density at radius 2 is 1.74 bits per heavy atom. The van der Waals surface area contributed by atoms with Crippen LogP contribution in [0.2, 0.25) is 0 Å². The van der Waals surface area contributed by atoms with Crippen molar-refractivity contribution in [3.05, 3.63) is 95.2 Å². The van der Waals surface area contributed by atoms with Crippen molar-refractivity contribution in [2.24, 2.45) is 7.05 Å². The lowest BCUT2D eigenvalue weighted by atomic mass is 10.0. The van der Waals surface area contributed by atoms with Crippen molar-refractivity contribution in [2.45, 2.75) is 32.0 Å². The van der Waals surface area contributed by atoms with Crippen molar-refractivity contribution in [1.29, 1.82) is 0 Å². The smallest absolute Gasteiger partial charge is 0.407 e. The zero-order valence-corrected chi connectivity index (χ0v) is 24.3. The van der Waals surface area contributed by atoms with E-state index in [9.17, 15) is 19.8 Å². The molecule has 0 bridgehead atoms. The first kappa shape index (κ1) is 28.1. The third-order valence-corrected chi connectivity index (χ3v) is 7.64. The highest BCUT2D eigenvalue weighted by Crippen LogP contribution is 2.37. The number of pyridine rings is 1. The normalized spacial score (nSPS) is 15.7. The van der Waals surface area contributed by atoms with Gasteiger partial charge in [-0.15, -0.1) is 0 Å². The average Bonchev–Trinajstić information content (AvgIpc) is 3.45. The monoisotopic (exact) mass is 579 g/mol. The topological polar surface area (TPSA) is 130 Å². The summed E-state index contributed by atoms with van der Waals surface area (Å²) in [4.78, 5) is 37.7. The maximum Gasteiger partial charge on any atom is 0.407 e. The van der Waals surface area contributed by atoms with Gasteiger partial charge in [0.05, 0.1) is 35.5 Å². The van der Waals surface area contributed by atoms with E-state index in [4.69, 9.17) is 9.97 Å². The van der Waals surface area contributed by atoms with Gasteiger partial charge in [0.1, 0.15) is 5.82 Å². The van der Waals surface area contributed by atoms with Crippen molar-refractivity contribution >= 4 is 22.8 Å². The van der Waals surface area contributed by atoms with Crippen LogP contribution in [0.25, 0.3) is 33.4 Å². The Bertz CT molecular complexity index is 1860. The predicted octanol–water partition coefficient (Wildman–Crippen LogP) is 4.17. The highest BCUT2D eigenvalue weighted by atomic mass is 16.4. The number of piperazine rings is 1. The molecule has 0 radical (unpaired) electrons. The molecule has 0 unspecified atom stereocenters. The van der Waals surface area contributed by atoms with E-state index in [1.165, 1.54) is 4.90 Å². The fraction of sp³-hybridized carbons (Fsp3) is 0.281. The van der Waals surface area contributed by atoms with E-state index >= 15 is 0 Å². The highest BCUT2D eigenvalue weighted by molar-refractivity contribution is 5.94. The third-order valence-electron chi connectivity index (χ3n) is 7.64. The van der Waals surface area contributed by atoms with E-state index in [-0.39, 0.29) is 18.1 Å². The quantitative estimate of drug-likeness (QED) is 0.307. The molecule has 4 heterocycles. The van der Waals surface area contributed by atoms with Gasteiger partial charge in [0.2, 0.25) is 5.56 Å². The number of fused-ring (bicyclic) bond motifs is 1. The molecule has 1 fully saturated rings. The summed E-state index contributed by atoms with van der Waals surface area (Å²) in [5.74, 6) is 1.16. The van der Waals surface area contributed by atoms with Crippen LogP contribution in [-0.2, 0) is 13.6 Å². The maximum absolute atomic E-state index is 12.0. The SMILES string of the molecule is Cn1cc(-c2ccc3nc(-c4cnn(CC(C)(C)O)c4)nc(N4CCN(C(=O)O)C[C@@H]4c4ccccc4)c3c2)ccc1=O. The lowest BCUT2D eigenvalue weighted by Gasteiger charge is -2.41. The van der Waals surface area contributed by atoms with Crippen LogP contribution in [0.5, 0.6) is 0 Å². The second-order valence-electron chi connectivity index (χ2n) is 11.6. The van der Waals surface area contributed by atoms with Gasteiger partial charge in [-0.1, -0.05) is 36.4 Å². The number of aromatic nitrogens is 5. The number of amides is 1. The van der Waals surface area contributed by atoms with Crippen molar-refractivity contribution in [3.63, 3.8) is 0 Å². The van der Waals surface area contributed by atoms with Crippen molar-refractivity contribution in [1.82, 2.24) is 29.2 Å². The van der Waals surface area contributed by atoms with Crippen molar-refractivity contribution in [3.8, 4) is 22.5 Å². The summed E-state index contributed by atoms with van der Waals surface area (Å²) in [5, 5.41) is 25.4. The highest BCUT2D eigenvalue weighted by Gasteiger charge is 2.33. The van der Waals surface area contributed by atoms with Crippen molar-refractivity contribution < 1.29 is 15.0 Å².